The third kappa shape index (κ3) is 13.2. The van der Waals surface area contributed by atoms with Crippen molar-refractivity contribution in [3.05, 3.63) is 54.5 Å². The van der Waals surface area contributed by atoms with E-state index >= 15 is 0 Å². The Morgan fingerprint density at radius 2 is 1.71 bits per heavy atom. The number of imidazole rings is 1. The third-order valence-electron chi connectivity index (χ3n) is 8.06. The highest BCUT2D eigenvalue weighted by Gasteiger charge is 2.50. The van der Waals surface area contributed by atoms with Gasteiger partial charge in [0.1, 0.15) is 36.3 Å². The van der Waals surface area contributed by atoms with Crippen molar-refractivity contribution in [1.82, 2.24) is 30.2 Å². The van der Waals surface area contributed by atoms with Gasteiger partial charge in [-0.25, -0.2) is 37.1 Å². The molecule has 0 radical (unpaired) electrons. The molecule has 29 heteroatoms. The van der Waals surface area contributed by atoms with Crippen LogP contribution < -0.4 is 16.4 Å². The summed E-state index contributed by atoms with van der Waals surface area (Å²) in [5, 5.41) is 27.3. The van der Waals surface area contributed by atoms with Crippen LogP contribution in [0.3, 0.4) is 0 Å². The third-order valence-corrected chi connectivity index (χ3v) is 12.6. The highest BCUT2D eigenvalue weighted by Crippen LogP contribution is 2.61. The maximum absolute atomic E-state index is 12.7. The van der Waals surface area contributed by atoms with Gasteiger partial charge in [0.2, 0.25) is 11.8 Å². The lowest BCUT2D eigenvalue weighted by Gasteiger charge is -2.30. The first-order valence-corrected chi connectivity index (χ1v) is 22.8. The first-order valence-electron chi connectivity index (χ1n) is 16.8. The van der Waals surface area contributed by atoms with Crippen LogP contribution >= 0.6 is 23.5 Å². The number of anilines is 1. The molecule has 2 aromatic heterocycles. The Balaban J connectivity index is 1.23. The summed E-state index contributed by atoms with van der Waals surface area (Å²) in [6.45, 7) is 0.259. The van der Waals surface area contributed by atoms with Gasteiger partial charge in [-0.3, -0.25) is 27.7 Å². The minimum Gasteiger partial charge on any atom is -0.386 e. The van der Waals surface area contributed by atoms with E-state index in [0.717, 1.165) is 22.6 Å². The number of aliphatic hydroxyl groups excluding tert-OH is 2. The van der Waals surface area contributed by atoms with Crippen molar-refractivity contribution >= 4 is 62.1 Å². The number of sulfone groups is 1. The Morgan fingerprint density at radius 1 is 1.03 bits per heavy atom. The molecular weight excluding hydrogens is 859 g/mol. The van der Waals surface area contributed by atoms with E-state index in [1.165, 1.54) is 32.1 Å². The molecule has 1 aliphatic heterocycles. The number of nitrogens with zero attached hydrogens (tertiary/aromatic N) is 4. The molecule has 10 N–H and O–H groups in total. The number of carbonyl (C=O) groups is 2. The first kappa shape index (κ1) is 47.1. The molecule has 1 aliphatic rings. The summed E-state index contributed by atoms with van der Waals surface area (Å²) >= 11 is 0. The van der Waals surface area contributed by atoms with Crippen LogP contribution in [0, 0.1) is 5.41 Å². The molecule has 2 amide bonds. The summed E-state index contributed by atoms with van der Waals surface area (Å²) in [5.41, 5.74) is 4.22. The molecule has 1 saturated heterocycles. The van der Waals surface area contributed by atoms with Gasteiger partial charge < -0.3 is 50.9 Å². The highest BCUT2D eigenvalue weighted by atomic mass is 32.2. The minimum absolute atomic E-state index is 0.0224. The number of aromatic nitrogens is 4. The molecule has 0 spiro atoms. The lowest BCUT2D eigenvalue weighted by molar-refractivity contribution is -0.137. The summed E-state index contributed by atoms with van der Waals surface area (Å²) in [5.74, 6) is -1.56. The van der Waals surface area contributed by atoms with Crippen LogP contribution in [0.1, 0.15) is 32.9 Å². The molecule has 0 saturated carbocycles. The average molecular weight is 902 g/mol. The maximum atomic E-state index is 12.7. The number of ether oxygens (including phenoxy) is 1. The number of hydrogen-bond acceptors (Lipinski definition) is 18. The largest absolute Gasteiger partial charge is 0.481 e. The number of phosphoric acid groups is 3. The molecule has 2 unspecified atom stereocenters. The Kier molecular flexibility index (Phi) is 15.6. The van der Waals surface area contributed by atoms with Crippen molar-refractivity contribution < 1.29 is 84.1 Å². The molecule has 4 rings (SSSR count). The second-order valence-corrected chi connectivity index (χ2v) is 19.2. The SMILES string of the molecule is CC(C)(COP(=O)(O)OP(=O)(O)OC[C@H]1O[C@@H](n2cnc3c(N)ncnc32)[C@H](O)[C@@H]1OP(=O)(O)O)[C@@H](O)C(=O)NCCC(=O)NCCC=CS(=O)(=O)c1ccccc1. The van der Waals surface area contributed by atoms with Crippen LogP contribution in [-0.4, -0.2) is 120 Å². The molecule has 25 nitrogen and oxygen atoms in total. The van der Waals surface area contributed by atoms with Crippen LogP contribution in [0.5, 0.6) is 0 Å². The number of amides is 2. The van der Waals surface area contributed by atoms with E-state index in [0.29, 0.717) is 0 Å². The predicted molar refractivity (Wildman–Crippen MR) is 197 cm³/mol. The fraction of sp³-hybridized carbons (Fsp3) is 0.483. The molecule has 7 atom stereocenters. The molecule has 1 aromatic carbocycles. The predicted octanol–water partition coefficient (Wildman–Crippen LogP) is -0.217. The second-order valence-electron chi connectivity index (χ2n) is 13.1. The number of nitrogen functional groups attached to an aromatic ring is 1. The van der Waals surface area contributed by atoms with Crippen LogP contribution in [0.2, 0.25) is 0 Å². The van der Waals surface area contributed by atoms with E-state index < -0.39 is 94.4 Å². The highest BCUT2D eigenvalue weighted by molar-refractivity contribution is 7.94. The van der Waals surface area contributed by atoms with Gasteiger partial charge in [-0.15, -0.1) is 0 Å². The number of carbonyl (C=O) groups excluding carboxylic acids is 2. The average Bonchev–Trinajstić information content (AvgIpc) is 3.69. The molecule has 322 valence electrons. The van der Waals surface area contributed by atoms with Gasteiger partial charge in [-0.2, -0.15) is 4.31 Å². The number of hydrogen-bond donors (Lipinski definition) is 9. The van der Waals surface area contributed by atoms with Gasteiger partial charge in [-0.1, -0.05) is 38.1 Å². The zero-order valence-electron chi connectivity index (χ0n) is 30.5. The fourth-order valence-corrected chi connectivity index (χ4v) is 9.03. The number of nitrogens with two attached hydrogens (primary N) is 1. The van der Waals surface area contributed by atoms with E-state index in [4.69, 9.17) is 19.5 Å². The molecule has 1 fully saturated rings. The van der Waals surface area contributed by atoms with E-state index in [1.54, 1.807) is 18.2 Å². The van der Waals surface area contributed by atoms with Crippen molar-refractivity contribution in [3.8, 4) is 0 Å². The van der Waals surface area contributed by atoms with Gasteiger partial charge in [0.05, 0.1) is 24.4 Å². The Labute approximate surface area is 329 Å². The van der Waals surface area contributed by atoms with Crippen LogP contribution in [0.15, 0.2) is 59.4 Å². The van der Waals surface area contributed by atoms with Crippen LogP contribution in [0.25, 0.3) is 11.2 Å². The summed E-state index contributed by atoms with van der Waals surface area (Å²) in [6, 6.07) is 7.73. The normalized spacial score (nSPS) is 21.7. The molecule has 0 bridgehead atoms. The quantitative estimate of drug-likeness (QED) is 0.0493. The summed E-state index contributed by atoms with van der Waals surface area (Å²) in [7, 11) is -20.1. The molecule has 3 heterocycles. The van der Waals surface area contributed by atoms with Gasteiger partial charge in [0, 0.05) is 30.3 Å². The van der Waals surface area contributed by atoms with Crippen molar-refractivity contribution in [1.29, 1.82) is 0 Å². The molecular formula is C29H42N7O18P3S. The topological polar surface area (TPSA) is 381 Å². The maximum Gasteiger partial charge on any atom is 0.481 e. The lowest BCUT2D eigenvalue weighted by Crippen LogP contribution is -2.46. The first-order chi connectivity index (χ1) is 26.9. The molecule has 3 aromatic rings. The van der Waals surface area contributed by atoms with Gasteiger partial charge in [0.25, 0.3) is 0 Å². The smallest absolute Gasteiger partial charge is 0.386 e. The van der Waals surface area contributed by atoms with Gasteiger partial charge in [-0.05, 0) is 18.6 Å². The van der Waals surface area contributed by atoms with Crippen LogP contribution in [0.4, 0.5) is 5.82 Å². The summed E-state index contributed by atoms with van der Waals surface area (Å²) in [6.07, 6.45) is -5.49. The number of aliphatic hydroxyl groups is 2. The Morgan fingerprint density at radius 3 is 2.38 bits per heavy atom. The standard InChI is InChI=1S/C29H42N7O18P3S/c1-29(2,24(39)27(40)32-12-10-20(37)31-11-6-7-13-58(48,49)18-8-4-3-5-9-18)15-51-57(46,47)54-56(44,45)50-14-19-23(53-55(41,42)43)22(38)28(52-19)36-17-35-21-25(30)33-16-34-26(21)36/h3-5,7-9,13,16-17,19,22-24,28,38-39H,6,10-12,14-15H2,1-2H3,(H,31,37)(H,32,40)(H,44,45)(H,46,47)(H2,30,33,34)(H2,41,42,43)/t19-,22-,23-,24+,28-/m1/s1. The minimum atomic E-state index is -5.59. The Hall–Kier alpha value is -3.55. The van der Waals surface area contributed by atoms with Gasteiger partial charge >= 0.3 is 23.5 Å². The van der Waals surface area contributed by atoms with Crippen molar-refractivity contribution in [2.45, 2.75) is 62.2 Å². The number of phosphoric ester groups is 3. The van der Waals surface area contributed by atoms with Crippen molar-refractivity contribution in [3.63, 3.8) is 0 Å². The zero-order chi connectivity index (χ0) is 43.1. The fourth-order valence-electron chi connectivity index (χ4n) is 5.12. The summed E-state index contributed by atoms with van der Waals surface area (Å²) in [4.78, 5) is 75.8. The summed E-state index contributed by atoms with van der Waals surface area (Å²) < 4.78 is 86.6. The van der Waals surface area contributed by atoms with E-state index in [9.17, 15) is 61.5 Å². The Bertz CT molecular complexity index is 2210. The van der Waals surface area contributed by atoms with Crippen LogP contribution in [-0.2, 0) is 55.7 Å². The van der Waals surface area contributed by atoms with Crippen molar-refractivity contribution in [2.75, 3.05) is 32.0 Å². The van der Waals surface area contributed by atoms with Gasteiger partial charge in [0.15, 0.2) is 27.5 Å². The van der Waals surface area contributed by atoms with E-state index in [1.807, 2.05) is 0 Å². The molecule has 58 heavy (non-hydrogen) atoms. The lowest BCUT2D eigenvalue weighted by atomic mass is 9.87. The van der Waals surface area contributed by atoms with Crippen molar-refractivity contribution in [2.24, 2.45) is 5.41 Å². The monoisotopic (exact) mass is 901 g/mol. The second kappa shape index (κ2) is 19.2. The zero-order valence-corrected chi connectivity index (χ0v) is 34.0. The number of nitrogens with one attached hydrogen (secondary N) is 2. The van der Waals surface area contributed by atoms with E-state index in [2.05, 4.69) is 34.4 Å². The number of fused-ring (bicyclic) bond motifs is 1. The number of rotatable bonds is 21. The molecule has 0 aliphatic carbocycles. The number of benzene rings is 1. The van der Waals surface area contributed by atoms with E-state index in [-0.39, 0.29) is 47.8 Å².